The maximum atomic E-state index is 12.6. The van der Waals surface area contributed by atoms with Gasteiger partial charge in [-0.25, -0.2) is 4.98 Å². The van der Waals surface area contributed by atoms with Crippen LogP contribution in [0.1, 0.15) is 34.1 Å². The predicted octanol–water partition coefficient (Wildman–Crippen LogP) is 4.67. The third-order valence-corrected chi connectivity index (χ3v) is 6.40. The van der Waals surface area contributed by atoms with Gasteiger partial charge in [0.1, 0.15) is 0 Å². The number of hydrogen-bond acceptors (Lipinski definition) is 5. The van der Waals surface area contributed by atoms with E-state index in [-0.39, 0.29) is 18.2 Å². The van der Waals surface area contributed by atoms with Gasteiger partial charge < -0.3 is 10.6 Å². The Kier molecular flexibility index (Phi) is 6.84. The van der Waals surface area contributed by atoms with Crippen molar-refractivity contribution in [3.05, 3.63) is 77.5 Å². The monoisotopic (exact) mass is 411 g/mol. The molecule has 0 radical (unpaired) electrons. The highest BCUT2D eigenvalue weighted by molar-refractivity contribution is 8.00. The van der Waals surface area contributed by atoms with Crippen LogP contribution in [-0.2, 0) is 4.79 Å². The lowest BCUT2D eigenvalue weighted by molar-refractivity contribution is -0.116. The number of carbonyl (C=O) groups is 2. The minimum Gasteiger partial charge on any atom is -0.345 e. The lowest BCUT2D eigenvalue weighted by Gasteiger charge is -2.19. The van der Waals surface area contributed by atoms with E-state index in [2.05, 4.69) is 15.6 Å². The van der Waals surface area contributed by atoms with Crippen LogP contribution < -0.4 is 10.6 Å². The Hall–Kier alpha value is -2.64. The summed E-state index contributed by atoms with van der Waals surface area (Å²) in [6.45, 7) is 1.92. The lowest BCUT2D eigenvalue weighted by Crippen LogP contribution is -2.31. The largest absolute Gasteiger partial charge is 0.345 e. The van der Waals surface area contributed by atoms with Crippen LogP contribution in [0.5, 0.6) is 0 Å². The van der Waals surface area contributed by atoms with Crippen LogP contribution in [0.25, 0.3) is 0 Å². The zero-order valence-corrected chi connectivity index (χ0v) is 17.3. The molecule has 0 fully saturated rings. The topological polar surface area (TPSA) is 71.1 Å². The van der Waals surface area contributed by atoms with Crippen molar-refractivity contribution in [1.29, 1.82) is 0 Å². The van der Waals surface area contributed by atoms with Crippen molar-refractivity contribution in [3.63, 3.8) is 0 Å². The molecular weight excluding hydrogens is 390 g/mol. The Morgan fingerprint density at radius 1 is 1.07 bits per heavy atom. The molecule has 0 bridgehead atoms. The molecule has 5 nitrogen and oxygen atoms in total. The molecule has 144 valence electrons. The van der Waals surface area contributed by atoms with Crippen LogP contribution in [0.15, 0.2) is 64.9 Å². The van der Waals surface area contributed by atoms with Crippen LogP contribution in [-0.4, -0.2) is 23.1 Å². The average Bonchev–Trinajstić information content (AvgIpc) is 3.07. The van der Waals surface area contributed by atoms with Crippen molar-refractivity contribution in [2.24, 2.45) is 0 Å². The SMILES string of the molecule is CSc1sc(NC(=O)CC(NC(=O)c2ccccc2)c2ccccc2)nc1C. The van der Waals surface area contributed by atoms with Crippen LogP contribution >= 0.6 is 23.1 Å². The highest BCUT2D eigenvalue weighted by Crippen LogP contribution is 2.30. The van der Waals surface area contributed by atoms with E-state index in [9.17, 15) is 9.59 Å². The molecule has 1 atom stereocenters. The maximum absolute atomic E-state index is 12.6. The first-order chi connectivity index (χ1) is 13.6. The number of rotatable bonds is 7. The average molecular weight is 412 g/mol. The third-order valence-electron chi connectivity index (χ3n) is 4.12. The first-order valence-electron chi connectivity index (χ1n) is 8.79. The van der Waals surface area contributed by atoms with Gasteiger partial charge in [0.25, 0.3) is 5.91 Å². The highest BCUT2D eigenvalue weighted by Gasteiger charge is 2.20. The summed E-state index contributed by atoms with van der Waals surface area (Å²) < 4.78 is 1.08. The lowest BCUT2D eigenvalue weighted by atomic mass is 10.0. The van der Waals surface area contributed by atoms with Gasteiger partial charge in [-0.2, -0.15) is 0 Å². The van der Waals surface area contributed by atoms with Gasteiger partial charge in [-0.3, -0.25) is 9.59 Å². The standard InChI is InChI=1S/C21H21N3O2S2/c1-14-20(27-2)28-21(22-14)24-18(25)13-17(15-9-5-3-6-10-15)23-19(26)16-11-7-4-8-12-16/h3-12,17H,13H2,1-2H3,(H,23,26)(H,22,24,25). The quantitative estimate of drug-likeness (QED) is 0.554. The number of carbonyl (C=O) groups excluding carboxylic acids is 2. The van der Waals surface area contributed by atoms with Gasteiger partial charge in [0, 0.05) is 5.56 Å². The first-order valence-corrected chi connectivity index (χ1v) is 10.8. The molecule has 1 heterocycles. The summed E-state index contributed by atoms with van der Waals surface area (Å²) in [5.74, 6) is -0.402. The van der Waals surface area contributed by atoms with E-state index in [4.69, 9.17) is 0 Å². The van der Waals surface area contributed by atoms with E-state index < -0.39 is 6.04 Å². The van der Waals surface area contributed by atoms with Crippen molar-refractivity contribution in [2.75, 3.05) is 11.6 Å². The Morgan fingerprint density at radius 3 is 2.32 bits per heavy atom. The molecule has 0 aliphatic carbocycles. The van der Waals surface area contributed by atoms with Gasteiger partial charge in [0.05, 0.1) is 22.4 Å². The van der Waals surface area contributed by atoms with E-state index in [1.165, 1.54) is 11.3 Å². The van der Waals surface area contributed by atoms with E-state index in [1.54, 1.807) is 23.9 Å². The summed E-state index contributed by atoms with van der Waals surface area (Å²) >= 11 is 3.06. The number of hydrogen-bond donors (Lipinski definition) is 2. The van der Waals surface area contributed by atoms with Crippen molar-refractivity contribution in [2.45, 2.75) is 23.6 Å². The molecule has 7 heteroatoms. The van der Waals surface area contributed by atoms with Crippen LogP contribution in [0.2, 0.25) is 0 Å². The van der Waals surface area contributed by atoms with Crippen molar-refractivity contribution in [1.82, 2.24) is 10.3 Å². The smallest absolute Gasteiger partial charge is 0.251 e. The van der Waals surface area contributed by atoms with E-state index in [0.717, 1.165) is 15.5 Å². The molecule has 0 aliphatic heterocycles. The molecule has 3 aromatic rings. The molecule has 0 saturated heterocycles. The van der Waals surface area contributed by atoms with E-state index >= 15 is 0 Å². The van der Waals surface area contributed by atoms with Gasteiger partial charge in [-0.05, 0) is 30.9 Å². The molecule has 2 aromatic carbocycles. The second-order valence-corrected chi connectivity index (χ2v) is 8.23. The maximum Gasteiger partial charge on any atom is 0.251 e. The van der Waals surface area contributed by atoms with Gasteiger partial charge in [-0.1, -0.05) is 59.9 Å². The van der Waals surface area contributed by atoms with Gasteiger partial charge in [0.15, 0.2) is 5.13 Å². The van der Waals surface area contributed by atoms with Crippen molar-refractivity contribution >= 4 is 40.0 Å². The molecule has 0 saturated carbocycles. The predicted molar refractivity (Wildman–Crippen MR) is 115 cm³/mol. The minimum absolute atomic E-state index is 0.121. The summed E-state index contributed by atoms with van der Waals surface area (Å²) in [5.41, 5.74) is 2.34. The van der Waals surface area contributed by atoms with Crippen LogP contribution in [0.3, 0.4) is 0 Å². The van der Waals surface area contributed by atoms with Gasteiger partial charge in [0.2, 0.25) is 5.91 Å². The molecule has 2 amide bonds. The number of anilines is 1. The minimum atomic E-state index is -0.435. The zero-order chi connectivity index (χ0) is 19.9. The normalized spacial score (nSPS) is 11.6. The molecule has 0 aliphatic rings. The van der Waals surface area contributed by atoms with Crippen molar-refractivity contribution < 1.29 is 9.59 Å². The molecule has 2 N–H and O–H groups in total. The summed E-state index contributed by atoms with van der Waals surface area (Å²) in [6, 6.07) is 18.0. The number of aromatic nitrogens is 1. The summed E-state index contributed by atoms with van der Waals surface area (Å²) in [7, 11) is 0. The number of amides is 2. The Bertz CT molecular complexity index is 943. The highest BCUT2D eigenvalue weighted by atomic mass is 32.2. The zero-order valence-electron chi connectivity index (χ0n) is 15.6. The number of benzene rings is 2. The second-order valence-electron chi connectivity index (χ2n) is 6.15. The third kappa shape index (κ3) is 5.21. The van der Waals surface area contributed by atoms with Crippen molar-refractivity contribution in [3.8, 4) is 0 Å². The molecular formula is C21H21N3O2S2. The molecule has 1 unspecified atom stereocenters. The summed E-state index contributed by atoms with van der Waals surface area (Å²) in [5, 5.41) is 6.40. The van der Waals surface area contributed by atoms with E-state index in [0.29, 0.717) is 10.7 Å². The molecule has 3 rings (SSSR count). The second kappa shape index (κ2) is 9.52. The fourth-order valence-electron chi connectivity index (χ4n) is 2.75. The van der Waals surface area contributed by atoms with E-state index in [1.807, 2.05) is 61.7 Å². The first kappa shape index (κ1) is 20.1. The fourth-order valence-corrected chi connectivity index (χ4v) is 4.38. The Balaban J connectivity index is 1.73. The van der Waals surface area contributed by atoms with Gasteiger partial charge >= 0.3 is 0 Å². The van der Waals surface area contributed by atoms with Crippen LogP contribution in [0, 0.1) is 6.92 Å². The Labute approximate surface area is 172 Å². The number of thioether (sulfide) groups is 1. The van der Waals surface area contributed by atoms with Gasteiger partial charge in [-0.15, -0.1) is 11.8 Å². The molecule has 0 spiro atoms. The summed E-state index contributed by atoms with van der Waals surface area (Å²) in [4.78, 5) is 29.6. The number of aryl methyl sites for hydroxylation is 1. The fraction of sp³-hybridized carbons (Fsp3) is 0.190. The number of nitrogens with zero attached hydrogens (tertiary/aromatic N) is 1. The number of thiazole rings is 1. The van der Waals surface area contributed by atoms with Crippen LogP contribution in [0.4, 0.5) is 5.13 Å². The number of nitrogens with one attached hydrogen (secondary N) is 2. The summed E-state index contributed by atoms with van der Waals surface area (Å²) in [6.07, 6.45) is 2.10. The Morgan fingerprint density at radius 2 is 1.71 bits per heavy atom. The molecule has 1 aromatic heterocycles. The molecule has 28 heavy (non-hydrogen) atoms.